The molecule has 2 rings (SSSR count). The molecular weight excluding hydrogens is 252 g/mol. The number of methoxy groups -OCH3 is 2. The summed E-state index contributed by atoms with van der Waals surface area (Å²) < 4.78 is 10.9. The first-order valence-corrected chi connectivity index (χ1v) is 7.25. The first kappa shape index (κ1) is 15.3. The minimum absolute atomic E-state index is 0.0574. The standard InChI is InChI=1S/C16H26N2O2/c1-16(20-3)9-4-10-18(12-16)15(11-17)13-5-7-14(19-2)8-6-13/h5-8,15H,4,9-12,17H2,1-3H3. The minimum atomic E-state index is -0.0574. The molecule has 1 aromatic carbocycles. The van der Waals surface area contributed by atoms with E-state index in [0.29, 0.717) is 6.54 Å². The van der Waals surface area contributed by atoms with Gasteiger partial charge in [-0.25, -0.2) is 0 Å². The van der Waals surface area contributed by atoms with Crippen LogP contribution in [0.2, 0.25) is 0 Å². The highest BCUT2D eigenvalue weighted by Crippen LogP contribution is 2.30. The fourth-order valence-corrected chi connectivity index (χ4v) is 3.00. The Bertz CT molecular complexity index is 421. The zero-order valence-corrected chi connectivity index (χ0v) is 12.8. The molecule has 1 saturated heterocycles. The number of rotatable bonds is 5. The van der Waals surface area contributed by atoms with Crippen molar-refractivity contribution >= 4 is 0 Å². The Morgan fingerprint density at radius 3 is 2.55 bits per heavy atom. The van der Waals surface area contributed by atoms with Crippen molar-refractivity contribution in [3.63, 3.8) is 0 Å². The van der Waals surface area contributed by atoms with Crippen molar-refractivity contribution in [3.05, 3.63) is 29.8 Å². The third-order valence-electron chi connectivity index (χ3n) is 4.35. The van der Waals surface area contributed by atoms with Gasteiger partial charge in [-0.15, -0.1) is 0 Å². The van der Waals surface area contributed by atoms with Crippen molar-refractivity contribution in [2.75, 3.05) is 33.9 Å². The van der Waals surface area contributed by atoms with E-state index in [4.69, 9.17) is 15.2 Å². The maximum atomic E-state index is 6.02. The lowest BCUT2D eigenvalue weighted by atomic mass is 9.92. The molecule has 0 radical (unpaired) electrons. The lowest BCUT2D eigenvalue weighted by Gasteiger charge is -2.43. The summed E-state index contributed by atoms with van der Waals surface area (Å²) in [5.41, 5.74) is 7.21. The van der Waals surface area contributed by atoms with Crippen LogP contribution in [0.1, 0.15) is 31.4 Å². The predicted octanol–water partition coefficient (Wildman–Crippen LogP) is 2.20. The SMILES string of the molecule is COc1ccc(C(CN)N2CCCC(C)(OC)C2)cc1. The van der Waals surface area contributed by atoms with E-state index in [1.54, 1.807) is 14.2 Å². The molecule has 20 heavy (non-hydrogen) atoms. The molecule has 4 heteroatoms. The third kappa shape index (κ3) is 3.32. The van der Waals surface area contributed by atoms with Gasteiger partial charge >= 0.3 is 0 Å². The van der Waals surface area contributed by atoms with Crippen LogP contribution in [-0.2, 0) is 4.74 Å². The Kier molecular flexibility index (Phi) is 5.02. The molecule has 0 amide bonds. The normalized spacial score (nSPS) is 25.4. The highest BCUT2D eigenvalue weighted by atomic mass is 16.5. The van der Waals surface area contributed by atoms with Crippen LogP contribution >= 0.6 is 0 Å². The molecular formula is C16H26N2O2. The van der Waals surface area contributed by atoms with Gasteiger partial charge in [-0.3, -0.25) is 4.90 Å². The number of nitrogens with two attached hydrogens (primary N) is 1. The van der Waals surface area contributed by atoms with Crippen molar-refractivity contribution in [3.8, 4) is 5.75 Å². The molecule has 4 nitrogen and oxygen atoms in total. The van der Waals surface area contributed by atoms with Gasteiger partial charge in [0.25, 0.3) is 0 Å². The first-order valence-electron chi connectivity index (χ1n) is 7.25. The Morgan fingerprint density at radius 1 is 1.30 bits per heavy atom. The van der Waals surface area contributed by atoms with Gasteiger partial charge in [0, 0.05) is 26.2 Å². The molecule has 0 aliphatic carbocycles. The van der Waals surface area contributed by atoms with Gasteiger partial charge in [-0.2, -0.15) is 0 Å². The van der Waals surface area contributed by atoms with Crippen LogP contribution in [0.5, 0.6) is 5.75 Å². The summed E-state index contributed by atoms with van der Waals surface area (Å²) in [6, 6.07) is 8.45. The highest BCUT2D eigenvalue weighted by molar-refractivity contribution is 5.29. The maximum absolute atomic E-state index is 6.02. The van der Waals surface area contributed by atoms with Crippen molar-refractivity contribution in [1.29, 1.82) is 0 Å². The molecule has 1 aromatic rings. The number of nitrogens with zero attached hydrogens (tertiary/aromatic N) is 1. The third-order valence-corrected chi connectivity index (χ3v) is 4.35. The van der Waals surface area contributed by atoms with Crippen LogP contribution in [0.25, 0.3) is 0 Å². The van der Waals surface area contributed by atoms with Gasteiger partial charge in [-0.05, 0) is 44.0 Å². The number of ether oxygens (including phenoxy) is 2. The van der Waals surface area contributed by atoms with Gasteiger partial charge in [-0.1, -0.05) is 12.1 Å². The van der Waals surface area contributed by atoms with E-state index >= 15 is 0 Å². The average molecular weight is 278 g/mol. The Labute approximate surface area is 121 Å². The summed E-state index contributed by atoms with van der Waals surface area (Å²) in [5, 5.41) is 0. The second-order valence-corrected chi connectivity index (χ2v) is 5.75. The van der Waals surface area contributed by atoms with E-state index in [1.807, 2.05) is 12.1 Å². The van der Waals surface area contributed by atoms with E-state index in [0.717, 1.165) is 31.7 Å². The number of benzene rings is 1. The van der Waals surface area contributed by atoms with E-state index in [2.05, 4.69) is 24.0 Å². The molecule has 0 aromatic heterocycles. The second-order valence-electron chi connectivity index (χ2n) is 5.75. The zero-order chi connectivity index (χ0) is 14.6. The molecule has 0 spiro atoms. The predicted molar refractivity (Wildman–Crippen MR) is 81.0 cm³/mol. The summed E-state index contributed by atoms with van der Waals surface area (Å²) in [4.78, 5) is 2.44. The molecule has 1 aliphatic rings. The van der Waals surface area contributed by atoms with Crippen LogP contribution < -0.4 is 10.5 Å². The van der Waals surface area contributed by atoms with Gasteiger partial charge < -0.3 is 15.2 Å². The monoisotopic (exact) mass is 278 g/mol. The molecule has 112 valence electrons. The summed E-state index contributed by atoms with van der Waals surface area (Å²) in [7, 11) is 3.48. The number of hydrogen-bond donors (Lipinski definition) is 1. The van der Waals surface area contributed by atoms with Gasteiger partial charge in [0.05, 0.1) is 12.7 Å². The average Bonchev–Trinajstić information content (AvgIpc) is 2.49. The topological polar surface area (TPSA) is 47.7 Å². The Hall–Kier alpha value is -1.10. The smallest absolute Gasteiger partial charge is 0.118 e. The largest absolute Gasteiger partial charge is 0.497 e. The van der Waals surface area contributed by atoms with Crippen molar-refractivity contribution in [2.24, 2.45) is 5.73 Å². The van der Waals surface area contributed by atoms with Crippen molar-refractivity contribution < 1.29 is 9.47 Å². The van der Waals surface area contributed by atoms with Crippen LogP contribution in [0, 0.1) is 0 Å². The van der Waals surface area contributed by atoms with Crippen molar-refractivity contribution in [2.45, 2.75) is 31.4 Å². The Balaban J connectivity index is 2.14. The van der Waals surface area contributed by atoms with E-state index in [-0.39, 0.29) is 11.6 Å². The molecule has 2 N–H and O–H groups in total. The molecule has 2 atom stereocenters. The number of hydrogen-bond acceptors (Lipinski definition) is 4. The van der Waals surface area contributed by atoms with Gasteiger partial charge in [0.15, 0.2) is 0 Å². The molecule has 1 heterocycles. The first-order chi connectivity index (χ1) is 9.61. The van der Waals surface area contributed by atoms with Crippen molar-refractivity contribution in [1.82, 2.24) is 4.90 Å². The highest BCUT2D eigenvalue weighted by Gasteiger charge is 2.33. The summed E-state index contributed by atoms with van der Waals surface area (Å²) in [5.74, 6) is 0.880. The number of piperidine rings is 1. The second kappa shape index (κ2) is 6.57. The van der Waals surface area contributed by atoms with Crippen LogP contribution in [0.4, 0.5) is 0 Å². The molecule has 1 aliphatic heterocycles. The van der Waals surface area contributed by atoms with Crippen LogP contribution in [-0.4, -0.2) is 44.4 Å². The lowest BCUT2D eigenvalue weighted by Crippen LogP contribution is -2.49. The Morgan fingerprint density at radius 2 is 2.00 bits per heavy atom. The van der Waals surface area contributed by atoms with E-state index in [1.165, 1.54) is 5.56 Å². The molecule has 2 unspecified atom stereocenters. The van der Waals surface area contributed by atoms with Crippen LogP contribution in [0.15, 0.2) is 24.3 Å². The maximum Gasteiger partial charge on any atom is 0.118 e. The lowest BCUT2D eigenvalue weighted by molar-refractivity contribution is -0.0608. The van der Waals surface area contributed by atoms with Gasteiger partial charge in [0.1, 0.15) is 5.75 Å². The fraction of sp³-hybridized carbons (Fsp3) is 0.625. The summed E-state index contributed by atoms with van der Waals surface area (Å²) in [6.45, 7) is 4.80. The fourth-order valence-electron chi connectivity index (χ4n) is 3.00. The summed E-state index contributed by atoms with van der Waals surface area (Å²) in [6.07, 6.45) is 2.26. The van der Waals surface area contributed by atoms with Crippen LogP contribution in [0.3, 0.4) is 0 Å². The molecule has 0 saturated carbocycles. The number of likely N-dealkylation sites (tertiary alicyclic amines) is 1. The van der Waals surface area contributed by atoms with E-state index in [9.17, 15) is 0 Å². The summed E-state index contributed by atoms with van der Waals surface area (Å²) >= 11 is 0. The molecule has 1 fully saturated rings. The van der Waals surface area contributed by atoms with E-state index < -0.39 is 0 Å². The quantitative estimate of drug-likeness (QED) is 0.897. The zero-order valence-electron chi connectivity index (χ0n) is 12.8. The molecule has 0 bridgehead atoms. The minimum Gasteiger partial charge on any atom is -0.497 e. The van der Waals surface area contributed by atoms with Gasteiger partial charge in [0.2, 0.25) is 0 Å².